The van der Waals surface area contributed by atoms with Crippen LogP contribution in [0, 0.1) is 0 Å². The molecule has 19 heavy (non-hydrogen) atoms. The monoisotopic (exact) mass is 281 g/mol. The Morgan fingerprint density at radius 3 is 2.95 bits per heavy atom. The lowest BCUT2D eigenvalue weighted by molar-refractivity contribution is 0.199. The number of aromatic nitrogens is 2. The summed E-state index contributed by atoms with van der Waals surface area (Å²) in [5.74, 6) is 1.79. The number of methoxy groups -OCH3 is 1. The molecule has 0 amide bonds. The van der Waals surface area contributed by atoms with E-state index in [-0.39, 0.29) is 0 Å². The van der Waals surface area contributed by atoms with Crippen LogP contribution in [-0.2, 0) is 17.6 Å². The maximum Gasteiger partial charge on any atom is 0.183 e. The van der Waals surface area contributed by atoms with Crippen LogP contribution in [-0.4, -0.2) is 37.0 Å². The van der Waals surface area contributed by atoms with Crippen LogP contribution >= 0.6 is 11.3 Å². The molecule has 2 heterocycles. The maximum atomic E-state index is 5.67. The molecule has 0 unspecified atom stereocenters. The van der Waals surface area contributed by atoms with Crippen molar-refractivity contribution in [3.05, 3.63) is 22.9 Å². The van der Waals surface area contributed by atoms with Gasteiger partial charge < -0.3 is 14.5 Å². The lowest BCUT2D eigenvalue weighted by Gasteiger charge is -2.00. The average molecular weight is 281 g/mol. The minimum atomic E-state index is 0.730. The lowest BCUT2D eigenvalue weighted by atomic mass is 10.4. The van der Waals surface area contributed by atoms with E-state index in [0.29, 0.717) is 0 Å². The molecule has 0 aliphatic heterocycles. The van der Waals surface area contributed by atoms with E-state index in [1.54, 1.807) is 18.4 Å². The Labute approximate surface area is 117 Å². The molecule has 0 spiro atoms. The van der Waals surface area contributed by atoms with Crippen molar-refractivity contribution in [2.45, 2.75) is 19.8 Å². The second-order valence-corrected chi connectivity index (χ2v) is 5.18. The van der Waals surface area contributed by atoms with Gasteiger partial charge in [0.25, 0.3) is 0 Å². The smallest absolute Gasteiger partial charge is 0.183 e. The van der Waals surface area contributed by atoms with Gasteiger partial charge in [0, 0.05) is 33.0 Å². The molecule has 0 aromatic carbocycles. The van der Waals surface area contributed by atoms with Crippen LogP contribution in [0.2, 0.25) is 0 Å². The summed E-state index contributed by atoms with van der Waals surface area (Å²) in [6.07, 6.45) is 1.78. The number of nitrogens with one attached hydrogen (secondary N) is 1. The third-order valence-corrected chi connectivity index (χ3v) is 3.68. The quantitative estimate of drug-likeness (QED) is 0.751. The van der Waals surface area contributed by atoms with E-state index in [0.717, 1.165) is 54.1 Å². The molecular formula is C13H19N3O2S. The van der Waals surface area contributed by atoms with Crippen molar-refractivity contribution < 1.29 is 9.15 Å². The second-order valence-electron chi connectivity index (χ2n) is 4.11. The van der Waals surface area contributed by atoms with Crippen LogP contribution in [0.3, 0.4) is 0 Å². The highest BCUT2D eigenvalue weighted by molar-refractivity contribution is 7.14. The van der Waals surface area contributed by atoms with Crippen molar-refractivity contribution in [3.8, 4) is 10.8 Å². The van der Waals surface area contributed by atoms with Gasteiger partial charge >= 0.3 is 0 Å². The van der Waals surface area contributed by atoms with Gasteiger partial charge in [0.2, 0.25) is 0 Å². The van der Waals surface area contributed by atoms with E-state index in [4.69, 9.17) is 9.15 Å². The summed E-state index contributed by atoms with van der Waals surface area (Å²) in [6, 6.07) is 3.95. The molecular weight excluding hydrogens is 262 g/mol. The molecule has 6 heteroatoms. The third kappa shape index (κ3) is 4.12. The number of furan rings is 1. The largest absolute Gasteiger partial charge is 0.459 e. The normalized spacial score (nSPS) is 11.1. The van der Waals surface area contributed by atoms with Crippen LogP contribution in [0.4, 0.5) is 0 Å². The highest BCUT2D eigenvalue weighted by atomic mass is 32.1. The lowest BCUT2D eigenvalue weighted by Crippen LogP contribution is -2.21. The maximum absolute atomic E-state index is 5.67. The number of ether oxygens (including phenoxy) is 1. The van der Waals surface area contributed by atoms with Crippen molar-refractivity contribution in [3.63, 3.8) is 0 Å². The van der Waals surface area contributed by atoms with Gasteiger partial charge in [-0.25, -0.2) is 0 Å². The molecule has 0 atom stereocenters. The molecule has 1 N–H and O–H groups in total. The van der Waals surface area contributed by atoms with Crippen LogP contribution in [0.1, 0.15) is 17.7 Å². The molecule has 0 radical (unpaired) electrons. The van der Waals surface area contributed by atoms with Crippen molar-refractivity contribution in [2.75, 3.05) is 26.8 Å². The van der Waals surface area contributed by atoms with Crippen molar-refractivity contribution in [1.29, 1.82) is 0 Å². The van der Waals surface area contributed by atoms with E-state index in [2.05, 4.69) is 22.4 Å². The second kappa shape index (κ2) is 7.37. The van der Waals surface area contributed by atoms with Gasteiger partial charge in [0.05, 0.1) is 6.61 Å². The van der Waals surface area contributed by atoms with E-state index >= 15 is 0 Å². The minimum Gasteiger partial charge on any atom is -0.459 e. The number of rotatable bonds is 8. The Bertz CT molecular complexity index is 496. The Hall–Kier alpha value is -1.24. The van der Waals surface area contributed by atoms with E-state index in [1.165, 1.54) is 0 Å². The zero-order valence-corrected chi connectivity index (χ0v) is 12.1. The zero-order chi connectivity index (χ0) is 13.5. The van der Waals surface area contributed by atoms with Gasteiger partial charge in [0.1, 0.15) is 10.8 Å². The first-order valence-corrected chi connectivity index (χ1v) is 7.26. The first-order valence-electron chi connectivity index (χ1n) is 6.44. The molecule has 0 aliphatic rings. The van der Waals surface area contributed by atoms with Crippen LogP contribution < -0.4 is 5.32 Å². The third-order valence-electron chi connectivity index (χ3n) is 2.69. The van der Waals surface area contributed by atoms with Gasteiger partial charge in [0.15, 0.2) is 10.8 Å². The molecule has 5 nitrogen and oxygen atoms in total. The highest BCUT2D eigenvalue weighted by Crippen LogP contribution is 2.25. The number of nitrogens with zero attached hydrogens (tertiary/aromatic N) is 2. The summed E-state index contributed by atoms with van der Waals surface area (Å²) < 4.78 is 10.6. The molecule has 0 bridgehead atoms. The Kier molecular flexibility index (Phi) is 5.50. The minimum absolute atomic E-state index is 0.730. The zero-order valence-electron chi connectivity index (χ0n) is 11.3. The number of hydrogen-bond acceptors (Lipinski definition) is 6. The number of aryl methyl sites for hydroxylation is 1. The van der Waals surface area contributed by atoms with Crippen LogP contribution in [0.25, 0.3) is 10.8 Å². The van der Waals surface area contributed by atoms with Crippen molar-refractivity contribution in [2.24, 2.45) is 0 Å². The molecule has 2 aromatic heterocycles. The van der Waals surface area contributed by atoms with Crippen molar-refractivity contribution >= 4 is 11.3 Å². The summed E-state index contributed by atoms with van der Waals surface area (Å²) in [5.41, 5.74) is 0. The van der Waals surface area contributed by atoms with E-state index in [9.17, 15) is 0 Å². The Balaban J connectivity index is 1.84. The first-order chi connectivity index (χ1) is 9.33. The van der Waals surface area contributed by atoms with Crippen molar-refractivity contribution in [1.82, 2.24) is 15.5 Å². The molecule has 0 fully saturated rings. The molecule has 2 rings (SSSR count). The van der Waals surface area contributed by atoms with Gasteiger partial charge in [-0.05, 0) is 12.1 Å². The summed E-state index contributed by atoms with van der Waals surface area (Å²) in [6.45, 7) is 4.55. The fourth-order valence-electron chi connectivity index (χ4n) is 1.63. The molecule has 0 saturated carbocycles. The molecule has 0 saturated heterocycles. The van der Waals surface area contributed by atoms with Gasteiger partial charge in [-0.15, -0.1) is 10.2 Å². The van der Waals surface area contributed by atoms with E-state index < -0.39 is 0 Å². The fraction of sp³-hybridized carbons (Fsp3) is 0.538. The topological polar surface area (TPSA) is 60.2 Å². The molecule has 2 aromatic rings. The predicted molar refractivity (Wildman–Crippen MR) is 75.4 cm³/mol. The van der Waals surface area contributed by atoms with E-state index in [1.807, 2.05) is 12.1 Å². The fourth-order valence-corrected chi connectivity index (χ4v) is 2.43. The van der Waals surface area contributed by atoms with Crippen LogP contribution in [0.5, 0.6) is 0 Å². The summed E-state index contributed by atoms with van der Waals surface area (Å²) in [4.78, 5) is 0. The van der Waals surface area contributed by atoms with Gasteiger partial charge in [-0.2, -0.15) is 0 Å². The molecule has 0 aliphatic carbocycles. The summed E-state index contributed by atoms with van der Waals surface area (Å²) >= 11 is 1.59. The Morgan fingerprint density at radius 2 is 2.21 bits per heavy atom. The summed E-state index contributed by atoms with van der Waals surface area (Å²) in [7, 11) is 1.70. The first kappa shape index (κ1) is 14.2. The van der Waals surface area contributed by atoms with Crippen LogP contribution in [0.15, 0.2) is 16.5 Å². The number of hydrogen-bond donors (Lipinski definition) is 1. The van der Waals surface area contributed by atoms with Gasteiger partial charge in [-0.1, -0.05) is 18.3 Å². The molecule has 104 valence electrons. The van der Waals surface area contributed by atoms with Gasteiger partial charge in [-0.3, -0.25) is 0 Å². The highest BCUT2D eigenvalue weighted by Gasteiger charge is 2.10. The SMILES string of the molecule is CCc1ccc(-c2nnc(CCNCCOC)s2)o1. The predicted octanol–water partition coefficient (Wildman–Crippen LogP) is 2.14. The standard InChI is InChI=1S/C13H19N3O2S/c1-3-10-4-5-11(18-10)13-16-15-12(19-13)6-7-14-8-9-17-2/h4-5,14H,3,6-9H2,1-2H3. The average Bonchev–Trinajstić information content (AvgIpc) is 3.07. The Morgan fingerprint density at radius 1 is 1.32 bits per heavy atom. The summed E-state index contributed by atoms with van der Waals surface area (Å²) in [5, 5.41) is 13.5.